The molecular formula is C26H23F4N7O2. The van der Waals surface area contributed by atoms with Gasteiger partial charge >= 0.3 is 6.18 Å². The van der Waals surface area contributed by atoms with Crippen LogP contribution in [0.25, 0.3) is 0 Å². The van der Waals surface area contributed by atoms with Crippen molar-refractivity contribution in [1.29, 1.82) is 0 Å². The van der Waals surface area contributed by atoms with Gasteiger partial charge in [0.25, 0.3) is 11.5 Å². The Morgan fingerprint density at radius 2 is 1.79 bits per heavy atom. The minimum Gasteiger partial charge on any atom is -0.329 e. The fourth-order valence-electron chi connectivity index (χ4n) is 4.35. The van der Waals surface area contributed by atoms with Gasteiger partial charge in [0.15, 0.2) is 5.82 Å². The summed E-state index contributed by atoms with van der Waals surface area (Å²) in [5.74, 6) is -0.404. The third-order valence-corrected chi connectivity index (χ3v) is 6.77. The minimum atomic E-state index is -4.43. The van der Waals surface area contributed by atoms with Gasteiger partial charge in [-0.25, -0.2) is 9.49 Å². The lowest BCUT2D eigenvalue weighted by Gasteiger charge is -2.28. The van der Waals surface area contributed by atoms with E-state index in [4.69, 9.17) is 0 Å². The van der Waals surface area contributed by atoms with E-state index in [1.165, 1.54) is 29.2 Å². The highest BCUT2D eigenvalue weighted by Gasteiger charge is 2.30. The first kappa shape index (κ1) is 26.1. The molecule has 1 amide bonds. The van der Waals surface area contributed by atoms with Gasteiger partial charge in [-0.1, -0.05) is 6.07 Å². The van der Waals surface area contributed by atoms with Crippen LogP contribution < -0.4 is 10.9 Å². The Morgan fingerprint density at radius 1 is 1.05 bits per heavy atom. The Hall–Kier alpha value is -4.55. The number of alkyl halides is 3. The summed E-state index contributed by atoms with van der Waals surface area (Å²) in [6.07, 6.45) is -4.13. The zero-order chi connectivity index (χ0) is 27.9. The van der Waals surface area contributed by atoms with Gasteiger partial charge in [0, 0.05) is 30.8 Å². The highest BCUT2D eigenvalue weighted by molar-refractivity contribution is 5.94. The third kappa shape index (κ3) is 5.24. The Labute approximate surface area is 219 Å². The van der Waals surface area contributed by atoms with Gasteiger partial charge in [0.2, 0.25) is 5.95 Å². The van der Waals surface area contributed by atoms with E-state index in [1.807, 2.05) is 0 Å². The molecule has 13 heteroatoms. The summed E-state index contributed by atoms with van der Waals surface area (Å²) in [6, 6.07) is 8.81. The van der Waals surface area contributed by atoms with Gasteiger partial charge in [0.1, 0.15) is 5.82 Å². The molecule has 2 aromatic heterocycles. The molecule has 0 bridgehead atoms. The van der Waals surface area contributed by atoms with Gasteiger partial charge < -0.3 is 10.2 Å². The fraction of sp³-hybridized carbons (Fsp3) is 0.269. The Balaban J connectivity index is 1.31. The Kier molecular flexibility index (Phi) is 6.66. The summed E-state index contributed by atoms with van der Waals surface area (Å²) in [5.41, 5.74) is 1.82. The molecule has 3 heterocycles. The number of nitrogens with zero attached hydrogens (tertiary/aromatic N) is 5. The molecule has 9 nitrogen and oxygen atoms in total. The first-order valence-corrected chi connectivity index (χ1v) is 12.0. The summed E-state index contributed by atoms with van der Waals surface area (Å²) >= 11 is 0. The first-order chi connectivity index (χ1) is 18.5. The SMILES string of the molecule is Cc1c(Cc2ccc(F)c(C(=O)N3CCn4c(nnc4Nc4ccc(C(F)(F)F)cc4)C3)c2)n[nH]c(=O)c1C. The maximum Gasteiger partial charge on any atom is 0.416 e. The summed E-state index contributed by atoms with van der Waals surface area (Å²) in [4.78, 5) is 26.5. The lowest BCUT2D eigenvalue weighted by atomic mass is 10.0. The van der Waals surface area contributed by atoms with Crippen LogP contribution in [-0.2, 0) is 25.7 Å². The number of benzene rings is 2. The van der Waals surface area contributed by atoms with E-state index < -0.39 is 23.5 Å². The van der Waals surface area contributed by atoms with Crippen LogP contribution in [0.2, 0.25) is 0 Å². The number of fused-ring (bicyclic) bond motifs is 1. The number of hydrogen-bond acceptors (Lipinski definition) is 6. The van der Waals surface area contributed by atoms with E-state index in [2.05, 4.69) is 25.7 Å². The molecule has 2 aromatic carbocycles. The van der Waals surface area contributed by atoms with Crippen molar-refractivity contribution in [2.24, 2.45) is 0 Å². The average molecular weight is 542 g/mol. The number of amides is 1. The van der Waals surface area contributed by atoms with E-state index in [9.17, 15) is 27.2 Å². The van der Waals surface area contributed by atoms with Crippen molar-refractivity contribution in [3.8, 4) is 0 Å². The molecule has 202 valence electrons. The van der Waals surface area contributed by atoms with Crippen molar-refractivity contribution in [3.63, 3.8) is 0 Å². The Bertz CT molecular complexity index is 1610. The monoisotopic (exact) mass is 541 g/mol. The van der Waals surface area contributed by atoms with Crippen LogP contribution in [0.15, 0.2) is 47.3 Å². The second kappa shape index (κ2) is 9.97. The maximum atomic E-state index is 14.7. The van der Waals surface area contributed by atoms with Crippen LogP contribution >= 0.6 is 0 Å². The zero-order valence-corrected chi connectivity index (χ0v) is 20.9. The number of anilines is 2. The molecule has 0 unspecified atom stereocenters. The Morgan fingerprint density at radius 3 is 2.51 bits per heavy atom. The number of aromatic amines is 1. The molecular weight excluding hydrogens is 518 g/mol. The lowest BCUT2D eigenvalue weighted by Crippen LogP contribution is -2.39. The van der Waals surface area contributed by atoms with Gasteiger partial charge in [-0.05, 0) is 61.4 Å². The minimum absolute atomic E-state index is 0.0734. The number of halogens is 4. The fourth-order valence-corrected chi connectivity index (χ4v) is 4.35. The second-order valence-electron chi connectivity index (χ2n) is 9.26. The second-order valence-corrected chi connectivity index (χ2v) is 9.26. The molecule has 0 aliphatic carbocycles. The third-order valence-electron chi connectivity index (χ3n) is 6.77. The lowest BCUT2D eigenvalue weighted by molar-refractivity contribution is -0.137. The average Bonchev–Trinajstić information content (AvgIpc) is 3.31. The molecule has 0 saturated heterocycles. The standard InChI is InChI=1S/C26H23F4N7O2/c1-14-15(2)23(38)34-32-21(14)12-16-3-8-20(27)19(11-16)24(39)36-9-10-37-22(13-36)33-35-25(37)31-18-6-4-17(5-7-18)26(28,29)30/h3-8,11H,9-10,12-13H2,1-2H3,(H,31,35)(H,34,38). The zero-order valence-electron chi connectivity index (χ0n) is 20.9. The summed E-state index contributed by atoms with van der Waals surface area (Å²) in [7, 11) is 0. The molecule has 0 saturated carbocycles. The largest absolute Gasteiger partial charge is 0.416 e. The quantitative estimate of drug-likeness (QED) is 0.368. The van der Waals surface area contributed by atoms with E-state index in [0.717, 1.165) is 17.7 Å². The number of H-pyrrole nitrogens is 1. The predicted molar refractivity (Wildman–Crippen MR) is 133 cm³/mol. The van der Waals surface area contributed by atoms with Crippen molar-refractivity contribution in [3.05, 3.63) is 98.0 Å². The van der Waals surface area contributed by atoms with Crippen LogP contribution in [0.4, 0.5) is 29.2 Å². The molecule has 0 fully saturated rings. The molecule has 1 aliphatic rings. The van der Waals surface area contributed by atoms with E-state index in [0.29, 0.717) is 47.2 Å². The molecule has 0 atom stereocenters. The number of aromatic nitrogens is 5. The van der Waals surface area contributed by atoms with Crippen LogP contribution in [0.3, 0.4) is 0 Å². The summed E-state index contributed by atoms with van der Waals surface area (Å²) in [5, 5.41) is 17.7. The molecule has 2 N–H and O–H groups in total. The van der Waals surface area contributed by atoms with Crippen molar-refractivity contribution in [1.82, 2.24) is 29.9 Å². The smallest absolute Gasteiger partial charge is 0.329 e. The van der Waals surface area contributed by atoms with Crippen LogP contribution in [0.5, 0.6) is 0 Å². The van der Waals surface area contributed by atoms with E-state index >= 15 is 0 Å². The van der Waals surface area contributed by atoms with Crippen molar-refractivity contribution in [2.75, 3.05) is 11.9 Å². The van der Waals surface area contributed by atoms with Gasteiger partial charge in [-0.2, -0.15) is 18.3 Å². The molecule has 0 spiro atoms. The number of hydrogen-bond donors (Lipinski definition) is 2. The predicted octanol–water partition coefficient (Wildman–Crippen LogP) is 4.13. The topological polar surface area (TPSA) is 109 Å². The van der Waals surface area contributed by atoms with Crippen molar-refractivity contribution in [2.45, 2.75) is 39.5 Å². The first-order valence-electron chi connectivity index (χ1n) is 12.0. The van der Waals surface area contributed by atoms with Crippen LogP contribution in [0, 0.1) is 19.7 Å². The highest BCUT2D eigenvalue weighted by atomic mass is 19.4. The molecule has 5 rings (SSSR count). The van der Waals surface area contributed by atoms with Crippen molar-refractivity contribution >= 4 is 17.5 Å². The number of carbonyl (C=O) groups is 1. The van der Waals surface area contributed by atoms with Crippen LogP contribution in [0.1, 0.15) is 44.1 Å². The normalized spacial score (nSPS) is 13.3. The molecule has 1 aliphatic heterocycles. The van der Waals surface area contributed by atoms with Gasteiger partial charge in [0.05, 0.1) is 23.4 Å². The summed E-state index contributed by atoms with van der Waals surface area (Å²) < 4.78 is 54.9. The maximum absolute atomic E-state index is 14.7. The van der Waals surface area contributed by atoms with E-state index in [-0.39, 0.29) is 24.2 Å². The van der Waals surface area contributed by atoms with E-state index in [1.54, 1.807) is 24.5 Å². The molecule has 4 aromatic rings. The van der Waals surface area contributed by atoms with Crippen molar-refractivity contribution < 1.29 is 22.4 Å². The van der Waals surface area contributed by atoms with Gasteiger partial charge in [-0.15, -0.1) is 10.2 Å². The molecule has 0 radical (unpaired) electrons. The highest BCUT2D eigenvalue weighted by Crippen LogP contribution is 2.30. The molecule has 39 heavy (non-hydrogen) atoms. The summed E-state index contributed by atoms with van der Waals surface area (Å²) in [6.45, 7) is 4.10. The number of rotatable bonds is 5. The number of nitrogens with one attached hydrogen (secondary N) is 2. The van der Waals surface area contributed by atoms with Gasteiger partial charge in [-0.3, -0.25) is 14.2 Å². The van der Waals surface area contributed by atoms with Crippen LogP contribution in [-0.4, -0.2) is 42.3 Å². The number of carbonyl (C=O) groups excluding carboxylic acids is 1.